The van der Waals surface area contributed by atoms with Gasteiger partial charge in [-0.3, -0.25) is 0 Å². The average Bonchev–Trinajstić information content (AvgIpc) is 0.785. The third-order valence-electron chi connectivity index (χ3n) is 22.9. The molecule has 4 unspecified atom stereocenters. The Kier molecular flexibility index (Phi) is 36.4. The van der Waals surface area contributed by atoms with Crippen LogP contribution in [0.5, 0.6) is 11.5 Å². The maximum atomic E-state index is 13.4. The normalized spacial score (nSPS) is 12.6. The highest BCUT2D eigenvalue weighted by atomic mass is 28.4. The van der Waals surface area contributed by atoms with Crippen molar-refractivity contribution in [2.24, 2.45) is 0 Å². The van der Waals surface area contributed by atoms with E-state index in [9.17, 15) is 8.92 Å². The third-order valence-corrected chi connectivity index (χ3v) is 45.7. The van der Waals surface area contributed by atoms with Gasteiger partial charge in [-0.05, 0) is 293 Å². The van der Waals surface area contributed by atoms with Crippen LogP contribution < -0.4 is 29.1 Å². The molecular formula is C111H138N4O6Si6. The third kappa shape index (κ3) is 25.6. The van der Waals surface area contributed by atoms with Crippen LogP contribution in [0.2, 0.25) is 75.3 Å². The number of para-hydroxylation sites is 2. The fraction of sp³-hybridized carbons (Fsp3) is 0.279. The summed E-state index contributed by atoms with van der Waals surface area (Å²) in [4.78, 5) is 9.30. The second kappa shape index (κ2) is 46.3. The summed E-state index contributed by atoms with van der Waals surface area (Å²) in [5.74, 6) is 1.66. The monoisotopic (exact) mass is 1790 g/mol. The number of hydrogen-bond acceptors (Lipinski definition) is 10. The Labute approximate surface area is 769 Å². The number of nitrogens with zero attached hydrogens (tertiary/aromatic N) is 4. The average molecular weight is 1790 g/mol. The molecule has 0 saturated heterocycles. The van der Waals surface area contributed by atoms with E-state index < -0.39 is 50.6 Å². The van der Waals surface area contributed by atoms with Gasteiger partial charge in [-0.2, -0.15) is 0 Å². The summed E-state index contributed by atoms with van der Waals surface area (Å²) in [6.45, 7) is 30.8. The van der Waals surface area contributed by atoms with Gasteiger partial charge in [0.25, 0.3) is 17.4 Å². The Balaban J connectivity index is 0.000000280. The van der Waals surface area contributed by atoms with Gasteiger partial charge < -0.3 is 46.2 Å². The van der Waals surface area contributed by atoms with Crippen LogP contribution >= 0.6 is 0 Å². The number of fused-ring (bicyclic) bond motifs is 2. The van der Waals surface area contributed by atoms with E-state index in [2.05, 4.69) is 440 Å². The Morgan fingerprint density at radius 1 is 0.307 bits per heavy atom. The number of rotatable bonds is 37. The summed E-state index contributed by atoms with van der Waals surface area (Å²) in [7, 11) is -12.4. The van der Waals surface area contributed by atoms with Crippen LogP contribution in [0.25, 0.3) is 43.8 Å². The number of ether oxygens (including phenoxy) is 2. The zero-order valence-electron chi connectivity index (χ0n) is 74.5. The summed E-state index contributed by atoms with van der Waals surface area (Å²) < 4.78 is 54.6. The predicted octanol–water partition coefficient (Wildman–Crippen LogP) is 34.2. The Bertz CT molecular complexity index is 5770. The minimum absolute atomic E-state index is 0. The first-order valence-electron chi connectivity index (χ1n) is 44.2. The Hall–Kier alpha value is -10.8. The van der Waals surface area contributed by atoms with E-state index in [1.807, 2.05) is 13.8 Å². The molecule has 0 aliphatic rings. The molecule has 0 aliphatic heterocycles. The molecule has 0 fully saturated rings. The second-order valence-corrected chi connectivity index (χ2v) is 57.9. The molecule has 0 spiro atoms. The quantitative estimate of drug-likeness (QED) is 0.0351. The molecule has 14 aromatic rings. The summed E-state index contributed by atoms with van der Waals surface area (Å²) in [6, 6.07) is 124. The maximum Gasteiger partial charge on any atom is 0.275 e. The molecule has 0 saturated carbocycles. The molecular weight excluding hydrogens is 1650 g/mol. The SMILES string of the molecule is C.C.C.C.CCCCC(Oc1ccc(N(c2ccc(-c3ccc(N(c4ccccc4)c4cccc(C)c4)cc3)cc2)c2cccc(C)c2)cc1)[Si](C)(C[Si](=O)CC)O[Si](C)(C)C.CCCCC(Oc1ccc(N(c2ccc(-c3ccc(N(c4ccccc4)c4cccc5ccccc45)cc3)cc2)c2cccc3ccccc23)cc1)[Si](CC)(C[Si](=O)CC)O[Si](C)(C)C. The predicted molar refractivity (Wildman–Crippen MR) is 562 cm³/mol. The van der Waals surface area contributed by atoms with E-state index in [0.717, 1.165) is 147 Å². The largest absolute Gasteiger partial charge is 0.491 e. The number of aryl methyl sites for hydroxylation is 2. The van der Waals surface area contributed by atoms with Gasteiger partial charge >= 0.3 is 0 Å². The van der Waals surface area contributed by atoms with Crippen molar-refractivity contribution in [3.8, 4) is 33.8 Å². The van der Waals surface area contributed by atoms with E-state index in [4.69, 9.17) is 17.7 Å². The summed E-state index contributed by atoms with van der Waals surface area (Å²) in [5, 5.41) is 4.79. The summed E-state index contributed by atoms with van der Waals surface area (Å²) >= 11 is 0. The van der Waals surface area contributed by atoms with Crippen LogP contribution in [0.4, 0.5) is 68.2 Å². The van der Waals surface area contributed by atoms with Crippen molar-refractivity contribution in [3.05, 3.63) is 351 Å². The highest BCUT2D eigenvalue weighted by Gasteiger charge is 2.48. The van der Waals surface area contributed by atoms with Crippen LogP contribution in [0.3, 0.4) is 0 Å². The van der Waals surface area contributed by atoms with E-state index in [1.165, 1.54) is 32.7 Å². The number of unbranched alkanes of at least 4 members (excludes halogenated alkanes) is 2. The standard InChI is InChI=1S/C57H62N2O3Si3.C50H60N2O3Si3.4CH4/c1-7-10-30-57(65(9-3,43-63(60)8-2)62-64(4,5)6)61-52-41-39-51(40-42-52)59(56-29-19-23-47-21-15-17-27-54(47)56)50-37-33-45(34-38-50)44-31-35-49(36-32-44)58(48-24-12-11-13-25-48)55-28-18-22-46-20-14-16-26-53(46)55;1-9-11-23-50(58(8,38-56(53)10-2)55-57(5,6)7)54-49-34-32-46(33-35-49)52(48-22-16-18-40(4)37-48)45-30-26-42(27-31-45)41-24-28-44(29-25-41)51(43-19-13-12-14-20-43)47-21-15-17-39(3)36-47;;;;/h11-29,31-42,57H,7-10,30,43H2,1-6H3;12-22,24-37,50H,9-11,23,38H2,1-8H3;4*1H4. The second-order valence-electron chi connectivity index (χ2n) is 34.7. The van der Waals surface area contributed by atoms with Gasteiger partial charge in [0.1, 0.15) is 23.0 Å². The van der Waals surface area contributed by atoms with Gasteiger partial charge in [0.05, 0.1) is 11.4 Å². The molecule has 10 nitrogen and oxygen atoms in total. The van der Waals surface area contributed by atoms with Gasteiger partial charge in [0.2, 0.25) is 16.6 Å². The number of benzene rings is 14. The highest BCUT2D eigenvalue weighted by molar-refractivity contribution is 6.91. The molecule has 0 N–H and O–H groups in total. The maximum absolute atomic E-state index is 13.4. The van der Waals surface area contributed by atoms with Crippen molar-refractivity contribution in [2.75, 3.05) is 19.6 Å². The minimum atomic E-state index is -2.53. The lowest BCUT2D eigenvalue weighted by Gasteiger charge is -2.42. The summed E-state index contributed by atoms with van der Waals surface area (Å²) in [6.07, 6.45) is 6.07. The van der Waals surface area contributed by atoms with Crippen LogP contribution in [0, 0.1) is 13.8 Å². The van der Waals surface area contributed by atoms with Crippen LogP contribution in [0.1, 0.15) is 114 Å². The molecule has 127 heavy (non-hydrogen) atoms. The zero-order chi connectivity index (χ0) is 86.7. The fourth-order valence-electron chi connectivity index (χ4n) is 17.0. The van der Waals surface area contributed by atoms with E-state index in [0.29, 0.717) is 23.4 Å². The number of anilines is 12. The molecule has 662 valence electrons. The van der Waals surface area contributed by atoms with Gasteiger partial charge in [0.15, 0.2) is 16.6 Å². The van der Waals surface area contributed by atoms with Gasteiger partial charge in [-0.15, -0.1) is 0 Å². The first-order valence-corrected chi connectivity index (χ1v) is 59.8. The van der Waals surface area contributed by atoms with Crippen molar-refractivity contribution >= 4 is 140 Å². The summed E-state index contributed by atoms with van der Waals surface area (Å²) in [5.41, 5.74) is 21.4. The van der Waals surface area contributed by atoms with E-state index in [1.54, 1.807) is 0 Å². The van der Waals surface area contributed by atoms with Crippen molar-refractivity contribution < 1.29 is 26.6 Å². The molecule has 16 heteroatoms. The molecule has 4 atom stereocenters. The Morgan fingerprint density at radius 3 is 0.961 bits per heavy atom. The molecule has 14 rings (SSSR count). The van der Waals surface area contributed by atoms with Crippen molar-refractivity contribution in [1.82, 2.24) is 0 Å². The van der Waals surface area contributed by atoms with Gasteiger partial charge in [-0.1, -0.05) is 272 Å². The lowest BCUT2D eigenvalue weighted by molar-refractivity contribution is 0.231. The molecule has 0 amide bonds. The molecule has 0 aromatic heterocycles. The van der Waals surface area contributed by atoms with Crippen molar-refractivity contribution in [1.29, 1.82) is 0 Å². The van der Waals surface area contributed by atoms with Crippen LogP contribution in [0.15, 0.2) is 340 Å². The van der Waals surface area contributed by atoms with Gasteiger partial charge in [-0.25, -0.2) is 0 Å². The topological polar surface area (TPSA) is 84.0 Å². The molecule has 0 heterocycles. The molecule has 0 aliphatic carbocycles. The molecule has 14 aromatic carbocycles. The van der Waals surface area contributed by atoms with Crippen LogP contribution in [-0.2, 0) is 17.2 Å². The first-order chi connectivity index (χ1) is 59.4. The van der Waals surface area contributed by atoms with Gasteiger partial charge in [0, 0.05) is 79.0 Å². The van der Waals surface area contributed by atoms with E-state index >= 15 is 0 Å². The van der Waals surface area contributed by atoms with E-state index in [-0.39, 0.29) is 41.2 Å². The highest BCUT2D eigenvalue weighted by Crippen LogP contribution is 2.46. The fourth-order valence-corrected chi connectivity index (χ4v) is 44.3. The van der Waals surface area contributed by atoms with Crippen LogP contribution in [-0.4, -0.2) is 62.1 Å². The van der Waals surface area contributed by atoms with Crippen molar-refractivity contribution in [3.63, 3.8) is 0 Å². The number of hydrogen-bond donors (Lipinski definition) is 0. The lowest BCUT2D eigenvalue weighted by atomic mass is 10.0. The molecule has 0 radical (unpaired) electrons. The zero-order valence-corrected chi connectivity index (χ0v) is 80.5. The minimum Gasteiger partial charge on any atom is -0.491 e. The smallest absolute Gasteiger partial charge is 0.275 e. The van der Waals surface area contributed by atoms with Crippen molar-refractivity contribution in [2.45, 2.75) is 203 Å². The first kappa shape index (κ1) is 100.0. The molecule has 0 bridgehead atoms. The Morgan fingerprint density at radius 2 is 0.606 bits per heavy atom. The lowest BCUT2D eigenvalue weighted by Crippen LogP contribution is -2.58.